The summed E-state index contributed by atoms with van der Waals surface area (Å²) in [4.78, 5) is 22.8. The number of nitro benzene ring substituents is 1. The van der Waals surface area contributed by atoms with Crippen molar-refractivity contribution < 1.29 is 18.1 Å². The Morgan fingerprint density at radius 3 is 2.52 bits per heavy atom. The molecule has 0 radical (unpaired) electrons. The number of hydrogen-bond acceptors (Lipinski definition) is 5. The molecule has 0 aliphatic carbocycles. The highest BCUT2D eigenvalue weighted by Gasteiger charge is 2.23. The number of carbonyl (C=O) groups is 1. The van der Waals surface area contributed by atoms with E-state index in [1.54, 1.807) is 6.07 Å². The monoisotopic (exact) mass is 427 g/mol. The van der Waals surface area contributed by atoms with Crippen LogP contribution in [-0.2, 0) is 14.8 Å². The van der Waals surface area contributed by atoms with Gasteiger partial charge in [-0.05, 0) is 31.7 Å². The van der Waals surface area contributed by atoms with Crippen LogP contribution in [0, 0.1) is 23.0 Å². The zero-order chi connectivity index (χ0) is 22.0. The van der Waals surface area contributed by atoms with Crippen LogP contribution >= 0.6 is 0 Å². The molecule has 8 nitrogen and oxygen atoms in total. The van der Waals surface area contributed by atoms with Gasteiger partial charge in [0, 0.05) is 25.6 Å². The summed E-state index contributed by atoms with van der Waals surface area (Å²) in [5.74, 6) is 0.350. The molecular weight excluding hydrogens is 394 g/mol. The van der Waals surface area contributed by atoms with Crippen molar-refractivity contribution in [3.05, 3.63) is 33.9 Å². The van der Waals surface area contributed by atoms with Crippen molar-refractivity contribution in [1.82, 2.24) is 5.32 Å². The van der Waals surface area contributed by atoms with Crippen molar-refractivity contribution in [3.8, 4) is 0 Å². The van der Waals surface area contributed by atoms with E-state index < -0.39 is 14.9 Å². The first-order valence-corrected chi connectivity index (χ1v) is 11.9. The lowest BCUT2D eigenvalue weighted by Crippen LogP contribution is -2.33. The van der Waals surface area contributed by atoms with Gasteiger partial charge in [-0.25, -0.2) is 8.42 Å². The molecule has 1 N–H and O–H groups in total. The van der Waals surface area contributed by atoms with Gasteiger partial charge >= 0.3 is 0 Å². The van der Waals surface area contributed by atoms with Gasteiger partial charge in [0.25, 0.3) is 5.69 Å². The number of nitrogens with one attached hydrogen (secondary N) is 1. The fourth-order valence-corrected chi connectivity index (χ4v) is 4.23. The molecule has 9 heteroatoms. The molecule has 0 aliphatic rings. The van der Waals surface area contributed by atoms with Gasteiger partial charge in [0.05, 0.1) is 22.4 Å². The molecule has 0 fully saturated rings. The van der Waals surface area contributed by atoms with Crippen LogP contribution in [-0.4, -0.2) is 38.6 Å². The van der Waals surface area contributed by atoms with E-state index in [-0.39, 0.29) is 35.8 Å². The van der Waals surface area contributed by atoms with Gasteiger partial charge in [-0.1, -0.05) is 39.2 Å². The van der Waals surface area contributed by atoms with Crippen LogP contribution in [0.1, 0.15) is 57.9 Å². The highest BCUT2D eigenvalue weighted by atomic mass is 32.2. The van der Waals surface area contributed by atoms with Crippen LogP contribution in [0.25, 0.3) is 0 Å². The molecular formula is C20H33N3O5S. The van der Waals surface area contributed by atoms with E-state index in [1.807, 2.05) is 0 Å². The summed E-state index contributed by atoms with van der Waals surface area (Å²) in [6.07, 6.45) is 5.94. The first kappa shape index (κ1) is 24.9. The molecule has 1 atom stereocenters. The Labute approximate surface area is 173 Å². The number of nitro groups is 1. The van der Waals surface area contributed by atoms with Gasteiger partial charge in [0.2, 0.25) is 15.9 Å². The molecule has 0 saturated carbocycles. The maximum atomic E-state index is 12.3. The minimum atomic E-state index is -3.64. The predicted octanol–water partition coefficient (Wildman–Crippen LogP) is 3.78. The maximum absolute atomic E-state index is 12.3. The number of hydrogen-bond donors (Lipinski definition) is 1. The number of nitrogens with zero attached hydrogens (tertiary/aromatic N) is 2. The van der Waals surface area contributed by atoms with Gasteiger partial charge in [0.15, 0.2) is 0 Å². The van der Waals surface area contributed by atoms with Crippen LogP contribution < -0.4 is 9.62 Å². The number of rotatable bonds is 13. The SMILES string of the molecule is CCCC[C@H](CC)CNC(=O)CCCN(c1cccc([N+](=O)[O-])c1C)S(C)(=O)=O. The zero-order valence-corrected chi connectivity index (χ0v) is 18.6. The lowest BCUT2D eigenvalue weighted by atomic mass is 9.99. The molecule has 0 saturated heterocycles. The van der Waals surface area contributed by atoms with Crippen LogP contribution in [0.15, 0.2) is 18.2 Å². The average molecular weight is 428 g/mol. The first-order valence-electron chi connectivity index (χ1n) is 10.1. The first-order chi connectivity index (χ1) is 13.6. The van der Waals surface area contributed by atoms with Crippen LogP contribution in [0.4, 0.5) is 11.4 Å². The van der Waals surface area contributed by atoms with E-state index in [1.165, 1.54) is 19.1 Å². The van der Waals surface area contributed by atoms with Crippen molar-refractivity contribution in [2.24, 2.45) is 5.92 Å². The maximum Gasteiger partial charge on any atom is 0.274 e. The van der Waals surface area contributed by atoms with Crippen molar-refractivity contribution >= 4 is 27.3 Å². The summed E-state index contributed by atoms with van der Waals surface area (Å²) in [5.41, 5.74) is 0.424. The fourth-order valence-electron chi connectivity index (χ4n) is 3.22. The summed E-state index contributed by atoms with van der Waals surface area (Å²) >= 11 is 0. The Morgan fingerprint density at radius 2 is 1.97 bits per heavy atom. The molecule has 0 spiro atoms. The number of carbonyl (C=O) groups excluding carboxylic acids is 1. The Bertz CT molecular complexity index is 795. The second-order valence-electron chi connectivity index (χ2n) is 7.34. The number of amides is 1. The van der Waals surface area contributed by atoms with Gasteiger partial charge in [-0.2, -0.15) is 0 Å². The van der Waals surface area contributed by atoms with Crippen LogP contribution in [0.2, 0.25) is 0 Å². The topological polar surface area (TPSA) is 110 Å². The smallest absolute Gasteiger partial charge is 0.274 e. The molecule has 29 heavy (non-hydrogen) atoms. The Balaban J connectivity index is 2.72. The van der Waals surface area contributed by atoms with Crippen LogP contribution in [0.3, 0.4) is 0 Å². The molecule has 1 amide bonds. The quantitative estimate of drug-likeness (QED) is 0.380. The van der Waals surface area contributed by atoms with E-state index in [2.05, 4.69) is 19.2 Å². The third-order valence-corrected chi connectivity index (χ3v) is 6.22. The predicted molar refractivity (Wildman–Crippen MR) is 116 cm³/mol. The summed E-state index contributed by atoms with van der Waals surface area (Å²) < 4.78 is 25.6. The van der Waals surface area contributed by atoms with Gasteiger partial charge in [-0.15, -0.1) is 0 Å². The van der Waals surface area contributed by atoms with E-state index >= 15 is 0 Å². The highest BCUT2D eigenvalue weighted by molar-refractivity contribution is 7.92. The summed E-state index contributed by atoms with van der Waals surface area (Å²) in [6.45, 7) is 6.50. The second kappa shape index (κ2) is 11.7. The lowest BCUT2D eigenvalue weighted by Gasteiger charge is -2.24. The summed E-state index contributed by atoms with van der Waals surface area (Å²) in [5, 5.41) is 14.1. The third-order valence-electron chi connectivity index (χ3n) is 5.04. The third kappa shape index (κ3) is 8.00. The standard InChI is InChI=1S/C20H33N3O5S/c1-5-7-10-17(6-2)15-21-20(24)13-9-14-22(29(4,27)28)18-11-8-12-19(16(18)3)23(25)26/h8,11-12,17H,5-7,9-10,13-15H2,1-4H3,(H,21,24)/t17-/m0/s1. The molecule has 1 aromatic carbocycles. The molecule has 1 rings (SSSR count). The Hall–Kier alpha value is -2.16. The largest absolute Gasteiger partial charge is 0.356 e. The molecule has 0 aromatic heterocycles. The summed E-state index contributed by atoms with van der Waals surface area (Å²) in [7, 11) is -3.64. The molecule has 0 aliphatic heterocycles. The van der Waals surface area contributed by atoms with Crippen molar-refractivity contribution in [3.63, 3.8) is 0 Å². The van der Waals surface area contributed by atoms with E-state index in [0.29, 0.717) is 18.9 Å². The zero-order valence-electron chi connectivity index (χ0n) is 17.8. The number of sulfonamides is 1. The average Bonchev–Trinajstić information content (AvgIpc) is 2.65. The van der Waals surface area contributed by atoms with E-state index in [9.17, 15) is 23.3 Å². The second-order valence-corrected chi connectivity index (χ2v) is 9.24. The number of benzene rings is 1. The van der Waals surface area contributed by atoms with E-state index in [0.717, 1.165) is 36.2 Å². The highest BCUT2D eigenvalue weighted by Crippen LogP contribution is 2.30. The van der Waals surface area contributed by atoms with Crippen molar-refractivity contribution in [2.45, 2.75) is 59.3 Å². The van der Waals surface area contributed by atoms with Gasteiger partial charge in [0.1, 0.15) is 0 Å². The normalized spacial score (nSPS) is 12.4. The van der Waals surface area contributed by atoms with Gasteiger partial charge in [-0.3, -0.25) is 19.2 Å². The fraction of sp³-hybridized carbons (Fsp3) is 0.650. The van der Waals surface area contributed by atoms with Crippen molar-refractivity contribution in [1.29, 1.82) is 0 Å². The van der Waals surface area contributed by atoms with E-state index in [4.69, 9.17) is 0 Å². The molecule has 0 unspecified atom stereocenters. The number of anilines is 1. The molecule has 164 valence electrons. The lowest BCUT2D eigenvalue weighted by molar-refractivity contribution is -0.385. The Morgan fingerprint density at radius 1 is 1.28 bits per heavy atom. The summed E-state index contributed by atoms with van der Waals surface area (Å²) in [6, 6.07) is 4.35. The minimum absolute atomic E-state index is 0.0846. The number of unbranched alkanes of at least 4 members (excludes halogenated alkanes) is 1. The van der Waals surface area contributed by atoms with Crippen molar-refractivity contribution in [2.75, 3.05) is 23.7 Å². The minimum Gasteiger partial charge on any atom is -0.356 e. The Kier molecular flexibility index (Phi) is 10.1. The molecule has 1 aromatic rings. The van der Waals surface area contributed by atoms with Gasteiger partial charge < -0.3 is 5.32 Å². The molecule has 0 bridgehead atoms. The molecule has 0 heterocycles. The van der Waals surface area contributed by atoms with Crippen LogP contribution in [0.5, 0.6) is 0 Å².